The Hall–Kier alpha value is -2.07. The zero-order valence-electron chi connectivity index (χ0n) is 8.38. The van der Waals surface area contributed by atoms with Crippen molar-refractivity contribution in [2.75, 3.05) is 0 Å². The molecule has 0 atom stereocenters. The highest BCUT2D eigenvalue weighted by atomic mass is 19.4. The van der Waals surface area contributed by atoms with Crippen LogP contribution in [0.4, 0.5) is 13.2 Å². The molecule has 1 aromatic rings. The molecule has 1 aromatic carbocycles. The number of hydrogen-bond donors (Lipinski definition) is 2. The number of hydrogen-bond acceptors (Lipinski definition) is 3. The summed E-state index contributed by atoms with van der Waals surface area (Å²) < 4.78 is 37.9. The van der Waals surface area contributed by atoms with Crippen LogP contribution in [-0.4, -0.2) is 11.1 Å². The molecule has 4 nitrogen and oxygen atoms in total. The van der Waals surface area contributed by atoms with E-state index in [-0.39, 0.29) is 12.1 Å². The maximum atomic E-state index is 12.6. The molecule has 0 fully saturated rings. The van der Waals surface area contributed by atoms with E-state index in [0.717, 1.165) is 6.07 Å². The number of carboxylic acid groups (broad SMARTS) is 1. The Bertz CT molecular complexity index is 503. The fourth-order valence-electron chi connectivity index (χ4n) is 1.36. The van der Waals surface area contributed by atoms with Crippen LogP contribution < -0.4 is 5.73 Å². The second kappa shape index (κ2) is 4.43. The minimum atomic E-state index is -4.84. The van der Waals surface area contributed by atoms with E-state index in [2.05, 4.69) is 0 Å². The lowest BCUT2D eigenvalue weighted by Gasteiger charge is -2.13. The van der Waals surface area contributed by atoms with E-state index in [1.54, 1.807) is 0 Å². The van der Waals surface area contributed by atoms with Gasteiger partial charge in [-0.3, -0.25) is 0 Å². The molecule has 0 aliphatic rings. The molecule has 90 valence electrons. The molecule has 3 N–H and O–H groups in total. The van der Waals surface area contributed by atoms with Gasteiger partial charge in [0.1, 0.15) is 6.07 Å². The van der Waals surface area contributed by atoms with Gasteiger partial charge in [0.25, 0.3) is 0 Å². The number of nitrogens with two attached hydrogens (primary N) is 1. The van der Waals surface area contributed by atoms with Crippen molar-refractivity contribution in [3.8, 4) is 6.07 Å². The molecule has 0 saturated carbocycles. The first-order valence-corrected chi connectivity index (χ1v) is 4.38. The number of nitrogens with zero attached hydrogens (tertiary/aromatic N) is 1. The Labute approximate surface area is 94.1 Å². The van der Waals surface area contributed by atoms with Gasteiger partial charge < -0.3 is 10.8 Å². The van der Waals surface area contributed by atoms with Gasteiger partial charge in [0.05, 0.1) is 16.7 Å². The highest BCUT2D eigenvalue weighted by molar-refractivity contribution is 5.92. The number of aromatic carboxylic acids is 1. The van der Waals surface area contributed by atoms with Crippen molar-refractivity contribution in [2.24, 2.45) is 5.73 Å². The van der Waals surface area contributed by atoms with Gasteiger partial charge in [0.15, 0.2) is 0 Å². The van der Waals surface area contributed by atoms with Crippen LogP contribution in [0.15, 0.2) is 12.1 Å². The van der Waals surface area contributed by atoms with Crippen molar-refractivity contribution >= 4 is 5.97 Å². The van der Waals surface area contributed by atoms with Gasteiger partial charge >= 0.3 is 12.1 Å². The molecule has 0 unspecified atom stereocenters. The van der Waals surface area contributed by atoms with Crippen LogP contribution in [0.2, 0.25) is 0 Å². The summed E-state index contributed by atoms with van der Waals surface area (Å²) in [6.07, 6.45) is -4.84. The molecule has 0 heterocycles. The second-order valence-electron chi connectivity index (χ2n) is 3.18. The first-order valence-electron chi connectivity index (χ1n) is 4.38. The van der Waals surface area contributed by atoms with Crippen LogP contribution in [0.25, 0.3) is 0 Å². The van der Waals surface area contributed by atoms with E-state index >= 15 is 0 Å². The lowest BCUT2D eigenvalue weighted by atomic mass is 9.97. The van der Waals surface area contributed by atoms with Crippen LogP contribution in [-0.2, 0) is 12.7 Å². The monoisotopic (exact) mass is 244 g/mol. The van der Waals surface area contributed by atoms with Crippen LogP contribution >= 0.6 is 0 Å². The number of alkyl halides is 3. The molecular formula is C10H7F3N2O2. The van der Waals surface area contributed by atoms with Crippen molar-refractivity contribution in [3.05, 3.63) is 34.4 Å². The Morgan fingerprint density at radius 1 is 1.47 bits per heavy atom. The van der Waals surface area contributed by atoms with Crippen molar-refractivity contribution in [2.45, 2.75) is 12.7 Å². The predicted octanol–water partition coefficient (Wildman–Crippen LogP) is 1.73. The third kappa shape index (κ3) is 2.54. The van der Waals surface area contributed by atoms with Crippen LogP contribution in [0.3, 0.4) is 0 Å². The van der Waals surface area contributed by atoms with E-state index in [0.29, 0.717) is 6.07 Å². The lowest BCUT2D eigenvalue weighted by Crippen LogP contribution is -2.16. The quantitative estimate of drug-likeness (QED) is 0.829. The fraction of sp³-hybridized carbons (Fsp3) is 0.200. The SMILES string of the molecule is N#Cc1cc(CN)cc(C(F)(F)F)c1C(=O)O. The summed E-state index contributed by atoms with van der Waals surface area (Å²) in [4.78, 5) is 10.8. The van der Waals surface area contributed by atoms with Gasteiger partial charge in [-0.1, -0.05) is 0 Å². The van der Waals surface area contributed by atoms with Gasteiger partial charge in [0.2, 0.25) is 0 Å². The molecular weight excluding hydrogens is 237 g/mol. The third-order valence-electron chi connectivity index (χ3n) is 2.07. The summed E-state index contributed by atoms with van der Waals surface area (Å²) in [5.74, 6) is -1.79. The standard InChI is InChI=1S/C10H7F3N2O2/c11-10(12,13)7-2-5(3-14)1-6(4-15)8(7)9(16)17/h1-2H,3,14H2,(H,16,17). The largest absolute Gasteiger partial charge is 0.478 e. The van der Waals surface area contributed by atoms with Crippen molar-refractivity contribution in [1.82, 2.24) is 0 Å². The van der Waals surface area contributed by atoms with Crippen molar-refractivity contribution < 1.29 is 23.1 Å². The fourth-order valence-corrected chi connectivity index (χ4v) is 1.36. The number of benzene rings is 1. The minimum absolute atomic E-state index is 0.0545. The number of carbonyl (C=O) groups is 1. The van der Waals surface area contributed by atoms with Crippen molar-refractivity contribution in [1.29, 1.82) is 5.26 Å². The average Bonchev–Trinajstić information content (AvgIpc) is 2.25. The topological polar surface area (TPSA) is 87.1 Å². The normalized spacial score (nSPS) is 11.0. The van der Waals surface area contributed by atoms with Gasteiger partial charge in [-0.05, 0) is 17.7 Å². The zero-order valence-corrected chi connectivity index (χ0v) is 8.38. The van der Waals surface area contributed by atoms with Gasteiger partial charge in [-0.25, -0.2) is 4.79 Å². The summed E-state index contributed by atoms with van der Waals surface area (Å²) in [6.45, 7) is -0.211. The van der Waals surface area contributed by atoms with Crippen LogP contribution in [0.1, 0.15) is 27.0 Å². The summed E-state index contributed by atoms with van der Waals surface area (Å²) in [6, 6.07) is 3.11. The molecule has 0 aliphatic heterocycles. The Morgan fingerprint density at radius 3 is 2.41 bits per heavy atom. The van der Waals surface area contributed by atoms with Crippen LogP contribution in [0, 0.1) is 11.3 Å². The Balaban J connectivity index is 3.66. The molecule has 0 saturated heterocycles. The number of halogens is 3. The van der Waals surface area contributed by atoms with Gasteiger partial charge in [-0.2, -0.15) is 18.4 Å². The molecule has 0 bridgehead atoms. The third-order valence-corrected chi connectivity index (χ3v) is 2.07. The number of nitriles is 1. The summed E-state index contributed by atoms with van der Waals surface area (Å²) in [7, 11) is 0. The number of rotatable bonds is 2. The van der Waals surface area contributed by atoms with E-state index < -0.39 is 28.8 Å². The molecule has 1 rings (SSSR count). The first kappa shape index (κ1) is 13.0. The Kier molecular flexibility index (Phi) is 3.39. The maximum Gasteiger partial charge on any atom is 0.417 e. The Morgan fingerprint density at radius 2 is 2.06 bits per heavy atom. The van der Waals surface area contributed by atoms with E-state index in [4.69, 9.17) is 16.1 Å². The smallest absolute Gasteiger partial charge is 0.417 e. The first-order chi connectivity index (χ1) is 7.81. The molecule has 0 aliphatic carbocycles. The van der Waals surface area contributed by atoms with E-state index in [1.165, 1.54) is 6.07 Å². The summed E-state index contributed by atoms with van der Waals surface area (Å²) in [5.41, 5.74) is 2.29. The number of carboxylic acids is 1. The lowest BCUT2D eigenvalue weighted by molar-refractivity contribution is -0.138. The predicted molar refractivity (Wildman–Crippen MR) is 51.0 cm³/mol. The molecule has 0 spiro atoms. The summed E-state index contributed by atoms with van der Waals surface area (Å²) in [5, 5.41) is 17.4. The highest BCUT2D eigenvalue weighted by Gasteiger charge is 2.37. The van der Waals surface area contributed by atoms with E-state index in [9.17, 15) is 18.0 Å². The average molecular weight is 244 g/mol. The molecule has 0 amide bonds. The second-order valence-corrected chi connectivity index (χ2v) is 3.18. The van der Waals surface area contributed by atoms with Crippen molar-refractivity contribution in [3.63, 3.8) is 0 Å². The molecule has 0 radical (unpaired) electrons. The van der Waals surface area contributed by atoms with E-state index in [1.807, 2.05) is 0 Å². The molecule has 17 heavy (non-hydrogen) atoms. The molecule has 0 aromatic heterocycles. The van der Waals surface area contributed by atoms with Crippen LogP contribution in [0.5, 0.6) is 0 Å². The summed E-state index contributed by atoms with van der Waals surface area (Å²) >= 11 is 0. The minimum Gasteiger partial charge on any atom is -0.478 e. The zero-order chi connectivity index (χ0) is 13.2. The van der Waals surface area contributed by atoms with Gasteiger partial charge in [0, 0.05) is 6.54 Å². The molecule has 7 heteroatoms. The maximum absolute atomic E-state index is 12.6. The highest BCUT2D eigenvalue weighted by Crippen LogP contribution is 2.34. The van der Waals surface area contributed by atoms with Gasteiger partial charge in [-0.15, -0.1) is 0 Å².